The van der Waals surface area contributed by atoms with E-state index in [1.165, 1.54) is 6.92 Å². The van der Waals surface area contributed by atoms with E-state index in [-0.39, 0.29) is 12.5 Å². The predicted molar refractivity (Wildman–Crippen MR) is 44.2 cm³/mol. The van der Waals surface area contributed by atoms with Crippen molar-refractivity contribution in [3.05, 3.63) is 12.7 Å². The second-order valence-corrected chi connectivity index (χ2v) is 2.33. The van der Waals surface area contributed by atoms with Gasteiger partial charge in [0.1, 0.15) is 0 Å². The van der Waals surface area contributed by atoms with Crippen LogP contribution in [-0.4, -0.2) is 35.6 Å². The minimum atomic E-state index is 0.0263. The van der Waals surface area contributed by atoms with Crippen molar-refractivity contribution in [3.63, 3.8) is 0 Å². The minimum Gasteiger partial charge on any atom is -0.396 e. The molecule has 0 bridgehead atoms. The van der Waals surface area contributed by atoms with Crippen LogP contribution in [0.2, 0.25) is 0 Å². The van der Waals surface area contributed by atoms with Gasteiger partial charge in [-0.1, -0.05) is 6.08 Å². The molecule has 0 rings (SSSR count). The maximum absolute atomic E-state index is 10.8. The molecule has 11 heavy (non-hydrogen) atoms. The Morgan fingerprint density at radius 1 is 1.73 bits per heavy atom. The molecule has 0 aromatic heterocycles. The molecule has 1 amide bonds. The summed E-state index contributed by atoms with van der Waals surface area (Å²) >= 11 is 0. The Hall–Kier alpha value is -0.830. The molecule has 0 saturated carbocycles. The topological polar surface area (TPSA) is 40.5 Å². The van der Waals surface area contributed by atoms with Gasteiger partial charge in [-0.05, 0) is 6.42 Å². The zero-order valence-electron chi connectivity index (χ0n) is 6.92. The van der Waals surface area contributed by atoms with Crippen molar-refractivity contribution in [2.45, 2.75) is 13.3 Å². The maximum Gasteiger partial charge on any atom is 0.219 e. The predicted octanol–water partition coefficient (Wildman–Crippen LogP) is 0.403. The van der Waals surface area contributed by atoms with Crippen molar-refractivity contribution in [2.75, 3.05) is 19.7 Å². The summed E-state index contributed by atoms with van der Waals surface area (Å²) in [6.45, 7) is 6.35. The Morgan fingerprint density at radius 3 is 2.73 bits per heavy atom. The second-order valence-electron chi connectivity index (χ2n) is 2.33. The molecule has 0 aromatic rings. The van der Waals surface area contributed by atoms with E-state index < -0.39 is 0 Å². The van der Waals surface area contributed by atoms with Crippen LogP contribution in [0.4, 0.5) is 0 Å². The zero-order valence-corrected chi connectivity index (χ0v) is 6.92. The Kier molecular flexibility index (Phi) is 5.47. The van der Waals surface area contributed by atoms with Crippen LogP contribution in [0.15, 0.2) is 12.7 Å². The fourth-order valence-electron chi connectivity index (χ4n) is 0.795. The summed E-state index contributed by atoms with van der Waals surface area (Å²) in [4.78, 5) is 12.5. The van der Waals surface area contributed by atoms with Crippen molar-refractivity contribution < 1.29 is 9.90 Å². The number of aliphatic hydroxyl groups is 1. The van der Waals surface area contributed by atoms with Crippen LogP contribution in [0.25, 0.3) is 0 Å². The zero-order chi connectivity index (χ0) is 8.69. The molecule has 0 heterocycles. The number of aliphatic hydroxyl groups excluding tert-OH is 1. The molecular formula is C8H15NO2. The molecule has 64 valence electrons. The average molecular weight is 157 g/mol. The van der Waals surface area contributed by atoms with Crippen molar-refractivity contribution in [2.24, 2.45) is 0 Å². The van der Waals surface area contributed by atoms with Crippen LogP contribution in [0.1, 0.15) is 13.3 Å². The van der Waals surface area contributed by atoms with Crippen LogP contribution in [0, 0.1) is 0 Å². The number of nitrogens with zero attached hydrogens (tertiary/aromatic N) is 1. The first kappa shape index (κ1) is 10.2. The number of carbonyl (C=O) groups is 1. The van der Waals surface area contributed by atoms with Crippen LogP contribution >= 0.6 is 0 Å². The molecule has 0 aliphatic rings. The van der Waals surface area contributed by atoms with E-state index in [4.69, 9.17) is 5.11 Å². The highest BCUT2D eigenvalue weighted by molar-refractivity contribution is 5.73. The highest BCUT2D eigenvalue weighted by Crippen LogP contribution is 1.91. The van der Waals surface area contributed by atoms with Crippen LogP contribution in [0.3, 0.4) is 0 Å². The SMILES string of the molecule is C=CCN(CCCO)C(C)=O. The number of carbonyl (C=O) groups excluding carboxylic acids is 1. The fraction of sp³-hybridized carbons (Fsp3) is 0.625. The van der Waals surface area contributed by atoms with Gasteiger partial charge in [-0.3, -0.25) is 4.79 Å². The van der Waals surface area contributed by atoms with Crippen molar-refractivity contribution in [1.82, 2.24) is 4.90 Å². The summed E-state index contributed by atoms with van der Waals surface area (Å²) in [6, 6.07) is 0. The van der Waals surface area contributed by atoms with E-state index >= 15 is 0 Å². The summed E-state index contributed by atoms with van der Waals surface area (Å²) in [5, 5.41) is 8.50. The van der Waals surface area contributed by atoms with Crippen LogP contribution in [0.5, 0.6) is 0 Å². The van der Waals surface area contributed by atoms with E-state index in [1.807, 2.05) is 0 Å². The third kappa shape index (κ3) is 4.56. The Bertz CT molecular complexity index is 134. The molecule has 0 atom stereocenters. The summed E-state index contributed by atoms with van der Waals surface area (Å²) in [5.41, 5.74) is 0. The van der Waals surface area contributed by atoms with Gasteiger partial charge in [-0.25, -0.2) is 0 Å². The fourth-order valence-corrected chi connectivity index (χ4v) is 0.795. The maximum atomic E-state index is 10.8. The van der Waals surface area contributed by atoms with Crippen molar-refractivity contribution >= 4 is 5.91 Å². The van der Waals surface area contributed by atoms with Gasteiger partial charge in [0.15, 0.2) is 0 Å². The highest BCUT2D eigenvalue weighted by Gasteiger charge is 2.04. The lowest BCUT2D eigenvalue weighted by Crippen LogP contribution is -2.30. The normalized spacial score (nSPS) is 9.27. The molecule has 0 aromatic carbocycles. The summed E-state index contributed by atoms with van der Waals surface area (Å²) in [6.07, 6.45) is 2.31. The Balaban J connectivity index is 3.69. The Morgan fingerprint density at radius 2 is 2.36 bits per heavy atom. The van der Waals surface area contributed by atoms with E-state index in [9.17, 15) is 4.79 Å². The van der Waals surface area contributed by atoms with Gasteiger partial charge >= 0.3 is 0 Å². The highest BCUT2D eigenvalue weighted by atomic mass is 16.3. The lowest BCUT2D eigenvalue weighted by Gasteiger charge is -2.17. The number of hydrogen-bond acceptors (Lipinski definition) is 2. The van der Waals surface area contributed by atoms with Gasteiger partial charge in [-0.15, -0.1) is 6.58 Å². The third-order valence-electron chi connectivity index (χ3n) is 1.38. The molecule has 0 aliphatic carbocycles. The van der Waals surface area contributed by atoms with Crippen molar-refractivity contribution in [3.8, 4) is 0 Å². The number of rotatable bonds is 5. The summed E-state index contributed by atoms with van der Waals surface area (Å²) in [7, 11) is 0. The average Bonchev–Trinajstić information content (AvgIpc) is 1.97. The monoisotopic (exact) mass is 157 g/mol. The van der Waals surface area contributed by atoms with E-state index in [0.717, 1.165) is 0 Å². The van der Waals surface area contributed by atoms with Crippen molar-refractivity contribution in [1.29, 1.82) is 0 Å². The molecule has 3 nitrogen and oxygen atoms in total. The molecule has 3 heteroatoms. The standard InChI is InChI=1S/C8H15NO2/c1-3-5-9(8(2)11)6-4-7-10/h3,10H,1,4-7H2,2H3. The van der Waals surface area contributed by atoms with Gasteiger partial charge in [-0.2, -0.15) is 0 Å². The molecule has 0 radical (unpaired) electrons. The van der Waals surface area contributed by atoms with E-state index in [1.54, 1.807) is 11.0 Å². The molecule has 0 fully saturated rings. The van der Waals surface area contributed by atoms with Gasteiger partial charge < -0.3 is 10.0 Å². The molecule has 1 N–H and O–H groups in total. The van der Waals surface area contributed by atoms with E-state index in [0.29, 0.717) is 19.5 Å². The first-order chi connectivity index (χ1) is 5.22. The Labute approximate surface area is 67.3 Å². The minimum absolute atomic E-state index is 0.0263. The first-order valence-electron chi connectivity index (χ1n) is 3.69. The molecule has 0 aliphatic heterocycles. The molecule has 0 saturated heterocycles. The lowest BCUT2D eigenvalue weighted by atomic mass is 10.4. The molecule has 0 unspecified atom stereocenters. The largest absolute Gasteiger partial charge is 0.396 e. The van der Waals surface area contributed by atoms with Crippen LogP contribution in [-0.2, 0) is 4.79 Å². The van der Waals surface area contributed by atoms with Crippen LogP contribution < -0.4 is 0 Å². The number of amides is 1. The second kappa shape index (κ2) is 5.92. The van der Waals surface area contributed by atoms with Gasteiger partial charge in [0.25, 0.3) is 0 Å². The first-order valence-corrected chi connectivity index (χ1v) is 3.69. The summed E-state index contributed by atoms with van der Waals surface area (Å²) < 4.78 is 0. The van der Waals surface area contributed by atoms with Gasteiger partial charge in [0, 0.05) is 26.6 Å². The summed E-state index contributed by atoms with van der Waals surface area (Å²) in [5.74, 6) is 0.0263. The quantitative estimate of drug-likeness (QED) is 0.587. The number of hydrogen-bond donors (Lipinski definition) is 1. The molecule has 0 spiro atoms. The van der Waals surface area contributed by atoms with Gasteiger partial charge in [0.2, 0.25) is 5.91 Å². The smallest absolute Gasteiger partial charge is 0.219 e. The van der Waals surface area contributed by atoms with Gasteiger partial charge in [0.05, 0.1) is 0 Å². The molecular weight excluding hydrogens is 142 g/mol. The lowest BCUT2D eigenvalue weighted by molar-refractivity contribution is -0.128. The van der Waals surface area contributed by atoms with E-state index in [2.05, 4.69) is 6.58 Å². The third-order valence-corrected chi connectivity index (χ3v) is 1.38.